The Morgan fingerprint density at radius 1 is 1.38 bits per heavy atom. The molecule has 0 amide bonds. The lowest BCUT2D eigenvalue weighted by atomic mass is 10.1. The second-order valence-corrected chi connectivity index (χ2v) is 6.77. The van der Waals surface area contributed by atoms with Crippen LogP contribution in [-0.2, 0) is 16.2 Å². The highest BCUT2D eigenvalue weighted by Crippen LogP contribution is 2.30. The monoisotopic (exact) mass is 324 g/mol. The Balaban J connectivity index is 1.97. The summed E-state index contributed by atoms with van der Waals surface area (Å²) in [5, 5.41) is 7.79. The molecule has 1 aliphatic rings. The van der Waals surface area contributed by atoms with E-state index >= 15 is 0 Å². The highest BCUT2D eigenvalue weighted by atomic mass is 32.2. The van der Waals surface area contributed by atoms with Gasteiger partial charge in [0.25, 0.3) is 0 Å². The number of nitrogens with zero attached hydrogens (tertiary/aromatic N) is 2. The van der Waals surface area contributed by atoms with Crippen molar-refractivity contribution < 1.29 is 21.6 Å². The third kappa shape index (κ3) is 4.81. The lowest BCUT2D eigenvalue weighted by Crippen LogP contribution is -2.23. The van der Waals surface area contributed by atoms with E-state index in [1.54, 1.807) is 0 Å². The van der Waals surface area contributed by atoms with E-state index in [2.05, 4.69) is 15.3 Å². The Morgan fingerprint density at radius 3 is 2.71 bits per heavy atom. The second kappa shape index (κ2) is 5.76. The van der Waals surface area contributed by atoms with Gasteiger partial charge in [0, 0.05) is 12.2 Å². The maximum absolute atomic E-state index is 12.5. The third-order valence-electron chi connectivity index (χ3n) is 3.29. The SMILES string of the molecule is NS(=O)(=O)C[C@@H]1CC[C@H](Nc2nccc(C(F)(F)F)n2)C1. The molecule has 6 nitrogen and oxygen atoms in total. The summed E-state index contributed by atoms with van der Waals surface area (Å²) in [5.41, 5.74) is -1.01. The molecule has 2 atom stereocenters. The third-order valence-corrected chi connectivity index (χ3v) is 4.22. The van der Waals surface area contributed by atoms with E-state index in [0.717, 1.165) is 12.3 Å². The first-order valence-corrected chi connectivity index (χ1v) is 8.02. The predicted octanol–water partition coefficient (Wildman–Crippen LogP) is 1.36. The van der Waals surface area contributed by atoms with Gasteiger partial charge in [-0.25, -0.2) is 23.5 Å². The Kier molecular flexibility index (Phi) is 4.38. The molecular formula is C11H15F3N4O2S. The first kappa shape index (κ1) is 16.0. The fraction of sp³-hybridized carbons (Fsp3) is 0.636. The number of rotatable bonds is 4. The molecule has 0 saturated heterocycles. The largest absolute Gasteiger partial charge is 0.433 e. The molecule has 0 radical (unpaired) electrons. The number of halogens is 3. The van der Waals surface area contributed by atoms with Gasteiger partial charge in [0.15, 0.2) is 0 Å². The van der Waals surface area contributed by atoms with Gasteiger partial charge in [0.1, 0.15) is 5.69 Å². The van der Waals surface area contributed by atoms with Crippen LogP contribution in [0.25, 0.3) is 0 Å². The number of nitrogens with one attached hydrogen (secondary N) is 1. The normalized spacial score (nSPS) is 23.2. The predicted molar refractivity (Wildman–Crippen MR) is 69.8 cm³/mol. The van der Waals surface area contributed by atoms with Crippen LogP contribution in [0.4, 0.5) is 19.1 Å². The molecular weight excluding hydrogens is 309 g/mol. The molecule has 0 aliphatic heterocycles. The van der Waals surface area contributed by atoms with Crippen molar-refractivity contribution in [2.75, 3.05) is 11.1 Å². The Morgan fingerprint density at radius 2 is 2.10 bits per heavy atom. The minimum atomic E-state index is -4.52. The van der Waals surface area contributed by atoms with Crippen molar-refractivity contribution in [2.24, 2.45) is 11.1 Å². The number of alkyl halides is 3. The summed E-state index contributed by atoms with van der Waals surface area (Å²) in [7, 11) is -3.54. The number of anilines is 1. The van der Waals surface area contributed by atoms with Crippen molar-refractivity contribution in [1.29, 1.82) is 0 Å². The molecule has 1 aliphatic carbocycles. The van der Waals surface area contributed by atoms with Crippen molar-refractivity contribution in [3.8, 4) is 0 Å². The maximum atomic E-state index is 12.5. The molecule has 118 valence electrons. The average molecular weight is 324 g/mol. The molecule has 1 heterocycles. The van der Waals surface area contributed by atoms with Gasteiger partial charge in [-0.15, -0.1) is 0 Å². The standard InChI is InChI=1S/C11H15F3N4O2S/c12-11(13,14)9-3-4-16-10(18-9)17-8-2-1-7(5-8)6-21(15,19)20/h3-4,7-8H,1-2,5-6H2,(H2,15,19,20)(H,16,17,18)/t7-,8+/m1/s1. The number of hydrogen-bond donors (Lipinski definition) is 2. The van der Waals surface area contributed by atoms with Gasteiger partial charge < -0.3 is 5.32 Å². The molecule has 1 aromatic rings. The van der Waals surface area contributed by atoms with Crippen molar-refractivity contribution in [3.05, 3.63) is 18.0 Å². The van der Waals surface area contributed by atoms with E-state index in [0.29, 0.717) is 19.3 Å². The molecule has 2 rings (SSSR count). The van der Waals surface area contributed by atoms with Gasteiger partial charge in [-0.05, 0) is 31.2 Å². The highest BCUT2D eigenvalue weighted by molar-refractivity contribution is 7.89. The van der Waals surface area contributed by atoms with Gasteiger partial charge in [-0.3, -0.25) is 0 Å². The zero-order valence-electron chi connectivity index (χ0n) is 11.0. The van der Waals surface area contributed by atoms with Crippen molar-refractivity contribution in [3.63, 3.8) is 0 Å². The van der Waals surface area contributed by atoms with Gasteiger partial charge in [-0.2, -0.15) is 13.2 Å². The van der Waals surface area contributed by atoms with E-state index in [1.165, 1.54) is 0 Å². The van der Waals surface area contributed by atoms with Crippen LogP contribution >= 0.6 is 0 Å². The molecule has 1 fully saturated rings. The average Bonchev–Trinajstić information content (AvgIpc) is 2.73. The van der Waals surface area contributed by atoms with E-state index < -0.39 is 21.9 Å². The van der Waals surface area contributed by atoms with Gasteiger partial charge >= 0.3 is 6.18 Å². The van der Waals surface area contributed by atoms with Crippen LogP contribution in [0, 0.1) is 5.92 Å². The molecule has 0 bridgehead atoms. The van der Waals surface area contributed by atoms with E-state index in [-0.39, 0.29) is 23.7 Å². The number of aromatic nitrogens is 2. The maximum Gasteiger partial charge on any atom is 0.433 e. The van der Waals surface area contributed by atoms with Crippen LogP contribution in [0.2, 0.25) is 0 Å². The quantitative estimate of drug-likeness (QED) is 0.871. The van der Waals surface area contributed by atoms with Gasteiger partial charge in [0.2, 0.25) is 16.0 Å². The van der Waals surface area contributed by atoms with Crippen LogP contribution in [0.1, 0.15) is 25.0 Å². The van der Waals surface area contributed by atoms with Crippen LogP contribution in [-0.4, -0.2) is 30.2 Å². The van der Waals surface area contributed by atoms with Crippen LogP contribution in [0.3, 0.4) is 0 Å². The van der Waals surface area contributed by atoms with Gasteiger partial charge in [0.05, 0.1) is 5.75 Å². The number of hydrogen-bond acceptors (Lipinski definition) is 5. The highest BCUT2D eigenvalue weighted by Gasteiger charge is 2.33. The smallest absolute Gasteiger partial charge is 0.351 e. The zero-order valence-corrected chi connectivity index (χ0v) is 11.8. The number of primary sulfonamides is 1. The van der Waals surface area contributed by atoms with Gasteiger partial charge in [-0.1, -0.05) is 0 Å². The number of sulfonamides is 1. The summed E-state index contributed by atoms with van der Waals surface area (Å²) in [6, 6.07) is 0.643. The topological polar surface area (TPSA) is 98.0 Å². The fourth-order valence-corrected chi connectivity index (χ4v) is 3.41. The summed E-state index contributed by atoms with van der Waals surface area (Å²) >= 11 is 0. The minimum absolute atomic E-state index is 0.0942. The van der Waals surface area contributed by atoms with E-state index in [4.69, 9.17) is 5.14 Å². The molecule has 21 heavy (non-hydrogen) atoms. The fourth-order valence-electron chi connectivity index (χ4n) is 2.45. The molecule has 0 aromatic carbocycles. The Bertz CT molecular complexity index is 606. The summed E-state index contributed by atoms with van der Waals surface area (Å²) in [5.74, 6) is -0.316. The molecule has 1 saturated carbocycles. The van der Waals surface area contributed by atoms with E-state index in [9.17, 15) is 21.6 Å². The Hall–Kier alpha value is -1.42. The Labute approximate surface area is 120 Å². The summed E-state index contributed by atoms with van der Waals surface area (Å²) < 4.78 is 59.6. The second-order valence-electron chi connectivity index (χ2n) is 5.11. The molecule has 3 N–H and O–H groups in total. The number of nitrogens with two attached hydrogens (primary N) is 1. The van der Waals surface area contributed by atoms with Crippen LogP contribution < -0.4 is 10.5 Å². The van der Waals surface area contributed by atoms with Crippen molar-refractivity contribution in [1.82, 2.24) is 9.97 Å². The van der Waals surface area contributed by atoms with Crippen molar-refractivity contribution in [2.45, 2.75) is 31.5 Å². The summed E-state index contributed by atoms with van der Waals surface area (Å²) in [4.78, 5) is 7.17. The van der Waals surface area contributed by atoms with Crippen LogP contribution in [0.15, 0.2) is 12.3 Å². The van der Waals surface area contributed by atoms with E-state index in [1.807, 2.05) is 0 Å². The first-order valence-electron chi connectivity index (χ1n) is 6.31. The summed E-state index contributed by atoms with van der Waals surface area (Å²) in [6.45, 7) is 0. The molecule has 0 spiro atoms. The molecule has 0 unspecified atom stereocenters. The first-order chi connectivity index (χ1) is 9.63. The van der Waals surface area contributed by atoms with Crippen molar-refractivity contribution >= 4 is 16.0 Å². The lowest BCUT2D eigenvalue weighted by Gasteiger charge is -2.14. The lowest BCUT2D eigenvalue weighted by molar-refractivity contribution is -0.141. The summed E-state index contributed by atoms with van der Waals surface area (Å²) in [6.07, 6.45) is -1.69. The zero-order chi connectivity index (χ0) is 15.7. The molecule has 10 heteroatoms. The van der Waals surface area contributed by atoms with Crippen LogP contribution in [0.5, 0.6) is 0 Å². The minimum Gasteiger partial charge on any atom is -0.351 e. The molecule has 1 aromatic heterocycles.